The van der Waals surface area contributed by atoms with E-state index in [0.717, 1.165) is 5.75 Å². The first-order valence-corrected chi connectivity index (χ1v) is 8.57. The number of carbonyl (C=O) groups excluding carboxylic acids is 1. The third kappa shape index (κ3) is 3.66. The van der Waals surface area contributed by atoms with Crippen molar-refractivity contribution >= 4 is 39.3 Å². The van der Waals surface area contributed by atoms with Crippen LogP contribution in [0, 0.1) is 0 Å². The minimum Gasteiger partial charge on any atom is -0.438 e. The maximum atomic E-state index is 11.6. The molecule has 0 heterocycles. The molecular weight excluding hydrogens is 308 g/mol. The van der Waals surface area contributed by atoms with Crippen LogP contribution in [-0.2, 0) is 20.0 Å². The Morgan fingerprint density at radius 1 is 1.00 bits per heavy atom. The number of ether oxygens (including phenoxy) is 2. The Bertz CT molecular complexity index is 775. The fourth-order valence-electron chi connectivity index (χ4n) is 2.67. The minimum atomic E-state index is -0.249. The Kier molecular flexibility index (Phi) is 5.16. The van der Waals surface area contributed by atoms with Gasteiger partial charge in [-0.2, -0.15) is 0 Å². The summed E-state index contributed by atoms with van der Waals surface area (Å²) in [5.74, 6) is 0.839. The van der Waals surface area contributed by atoms with Crippen molar-refractivity contribution in [2.45, 2.75) is 5.75 Å². The van der Waals surface area contributed by atoms with Crippen molar-refractivity contribution in [3.05, 3.63) is 60.2 Å². The van der Waals surface area contributed by atoms with Crippen LogP contribution in [0.5, 0.6) is 0 Å². The van der Waals surface area contributed by atoms with Gasteiger partial charge in [-0.3, -0.25) is 4.79 Å². The molecule has 118 valence electrons. The van der Waals surface area contributed by atoms with Gasteiger partial charge in [0.25, 0.3) is 0 Å². The topological polar surface area (TPSA) is 35.5 Å². The molecule has 0 aliphatic rings. The molecule has 3 rings (SSSR count). The molecule has 0 saturated heterocycles. The van der Waals surface area contributed by atoms with Gasteiger partial charge in [0.2, 0.25) is 0 Å². The highest BCUT2D eigenvalue weighted by Gasteiger charge is 2.09. The monoisotopic (exact) mass is 326 g/mol. The van der Waals surface area contributed by atoms with E-state index in [0.29, 0.717) is 5.75 Å². The Morgan fingerprint density at radius 2 is 1.61 bits per heavy atom. The highest BCUT2D eigenvalue weighted by atomic mass is 32.2. The van der Waals surface area contributed by atoms with E-state index >= 15 is 0 Å². The first kappa shape index (κ1) is 15.8. The van der Waals surface area contributed by atoms with Crippen LogP contribution in [0.3, 0.4) is 0 Å². The number of esters is 1. The summed E-state index contributed by atoms with van der Waals surface area (Å²) in [6, 6.07) is 19.0. The summed E-state index contributed by atoms with van der Waals surface area (Å²) >= 11 is 1.56. The summed E-state index contributed by atoms with van der Waals surface area (Å²) in [6.07, 6.45) is 0. The molecule has 0 saturated carbocycles. The van der Waals surface area contributed by atoms with Gasteiger partial charge in [-0.15, -0.1) is 11.8 Å². The van der Waals surface area contributed by atoms with Gasteiger partial charge < -0.3 is 9.47 Å². The van der Waals surface area contributed by atoms with Crippen LogP contribution in [0.4, 0.5) is 0 Å². The van der Waals surface area contributed by atoms with Crippen molar-refractivity contribution in [2.24, 2.45) is 0 Å². The first-order chi connectivity index (χ1) is 11.3. The molecule has 0 fully saturated rings. The number of carbonyl (C=O) groups is 1. The quantitative estimate of drug-likeness (QED) is 0.383. The number of fused-ring (bicyclic) bond motifs is 2. The normalized spacial score (nSPS) is 11.0. The molecule has 23 heavy (non-hydrogen) atoms. The largest absolute Gasteiger partial charge is 0.438 e. The molecule has 0 atom stereocenters. The second kappa shape index (κ2) is 7.49. The third-order valence-electron chi connectivity index (χ3n) is 3.69. The van der Waals surface area contributed by atoms with Crippen molar-refractivity contribution in [1.29, 1.82) is 0 Å². The molecule has 0 bridgehead atoms. The van der Waals surface area contributed by atoms with Crippen molar-refractivity contribution in [2.75, 3.05) is 19.7 Å². The van der Waals surface area contributed by atoms with Crippen molar-refractivity contribution in [1.82, 2.24) is 0 Å². The average molecular weight is 326 g/mol. The zero-order chi connectivity index (χ0) is 16.1. The SMILES string of the molecule is COCOC(=O)CSCc1c2ccccc2cc2ccccc12. The highest BCUT2D eigenvalue weighted by Crippen LogP contribution is 2.31. The Morgan fingerprint density at radius 3 is 2.22 bits per heavy atom. The predicted octanol–water partition coefficient (Wildman–Crippen LogP) is 4.37. The molecule has 4 heteroatoms. The molecule has 0 aliphatic carbocycles. The molecule has 0 amide bonds. The number of hydrogen-bond donors (Lipinski definition) is 0. The second-order valence-electron chi connectivity index (χ2n) is 5.21. The van der Waals surface area contributed by atoms with Gasteiger partial charge >= 0.3 is 5.97 Å². The van der Waals surface area contributed by atoms with E-state index in [4.69, 9.17) is 9.47 Å². The van der Waals surface area contributed by atoms with Crippen LogP contribution < -0.4 is 0 Å². The molecule has 0 aromatic heterocycles. The summed E-state index contributed by atoms with van der Waals surface area (Å²) in [6.45, 7) is 0.0105. The average Bonchev–Trinajstić information content (AvgIpc) is 2.59. The standard InChI is InChI=1S/C19H18O3S/c1-21-13-22-19(20)12-23-11-18-16-8-4-2-6-14(16)10-15-7-3-5-9-17(15)18/h2-10H,11-13H2,1H3. The maximum absolute atomic E-state index is 11.6. The predicted molar refractivity (Wildman–Crippen MR) is 95.6 cm³/mol. The zero-order valence-electron chi connectivity index (χ0n) is 13.0. The van der Waals surface area contributed by atoms with Crippen molar-refractivity contribution < 1.29 is 14.3 Å². The van der Waals surface area contributed by atoms with Gasteiger partial charge in [0.05, 0.1) is 5.75 Å². The van der Waals surface area contributed by atoms with E-state index in [2.05, 4.69) is 54.6 Å². The molecular formula is C19H18O3S. The van der Waals surface area contributed by atoms with Crippen molar-refractivity contribution in [3.8, 4) is 0 Å². The maximum Gasteiger partial charge on any atom is 0.318 e. The van der Waals surface area contributed by atoms with E-state index in [1.807, 2.05) is 0 Å². The lowest BCUT2D eigenvalue weighted by Crippen LogP contribution is -2.09. The van der Waals surface area contributed by atoms with E-state index in [-0.39, 0.29) is 12.8 Å². The minimum absolute atomic E-state index is 0.0105. The van der Waals surface area contributed by atoms with Gasteiger partial charge in [-0.05, 0) is 33.2 Å². The van der Waals surface area contributed by atoms with Crippen LogP contribution in [0.15, 0.2) is 54.6 Å². The number of benzene rings is 3. The third-order valence-corrected chi connectivity index (χ3v) is 4.62. The number of thioether (sulfide) groups is 1. The fraction of sp³-hybridized carbons (Fsp3) is 0.211. The van der Waals surface area contributed by atoms with Crippen LogP contribution in [0.25, 0.3) is 21.5 Å². The van der Waals surface area contributed by atoms with Crippen LogP contribution >= 0.6 is 11.8 Å². The smallest absolute Gasteiger partial charge is 0.318 e. The van der Waals surface area contributed by atoms with Gasteiger partial charge in [0.1, 0.15) is 0 Å². The molecule has 0 aliphatic heterocycles. The summed E-state index contributed by atoms with van der Waals surface area (Å²) in [5, 5.41) is 4.93. The second-order valence-corrected chi connectivity index (χ2v) is 6.20. The van der Waals surface area contributed by atoms with Gasteiger partial charge in [0, 0.05) is 12.9 Å². The lowest BCUT2D eigenvalue weighted by Gasteiger charge is -2.11. The number of methoxy groups -OCH3 is 1. The van der Waals surface area contributed by atoms with E-state index in [1.165, 1.54) is 34.2 Å². The summed E-state index contributed by atoms with van der Waals surface area (Å²) in [7, 11) is 1.50. The Hall–Kier alpha value is -2.04. The molecule has 3 aromatic rings. The van der Waals surface area contributed by atoms with Gasteiger partial charge in [-0.1, -0.05) is 48.5 Å². The molecule has 0 spiro atoms. The lowest BCUT2D eigenvalue weighted by molar-refractivity contribution is -0.150. The first-order valence-electron chi connectivity index (χ1n) is 7.41. The van der Waals surface area contributed by atoms with E-state index < -0.39 is 0 Å². The summed E-state index contributed by atoms with van der Waals surface area (Å²) in [5.41, 5.74) is 1.27. The van der Waals surface area contributed by atoms with Crippen LogP contribution in [0.1, 0.15) is 5.56 Å². The van der Waals surface area contributed by atoms with Gasteiger partial charge in [-0.25, -0.2) is 0 Å². The van der Waals surface area contributed by atoms with E-state index in [1.54, 1.807) is 11.8 Å². The van der Waals surface area contributed by atoms with Crippen LogP contribution in [0.2, 0.25) is 0 Å². The molecule has 0 radical (unpaired) electrons. The number of hydrogen-bond acceptors (Lipinski definition) is 4. The highest BCUT2D eigenvalue weighted by molar-refractivity contribution is 7.99. The summed E-state index contributed by atoms with van der Waals surface area (Å²) in [4.78, 5) is 11.6. The molecule has 3 nitrogen and oxygen atoms in total. The van der Waals surface area contributed by atoms with Crippen LogP contribution in [-0.4, -0.2) is 25.6 Å². The zero-order valence-corrected chi connectivity index (χ0v) is 13.8. The van der Waals surface area contributed by atoms with Gasteiger partial charge in [0.15, 0.2) is 6.79 Å². The van der Waals surface area contributed by atoms with Crippen molar-refractivity contribution in [3.63, 3.8) is 0 Å². The fourth-order valence-corrected chi connectivity index (χ4v) is 3.53. The Labute approximate surface area is 139 Å². The molecule has 3 aromatic carbocycles. The molecule has 0 N–H and O–H groups in total. The van der Waals surface area contributed by atoms with E-state index in [9.17, 15) is 4.79 Å². The lowest BCUT2D eigenvalue weighted by atomic mass is 9.98. The summed E-state index contributed by atoms with van der Waals surface area (Å²) < 4.78 is 9.66. The Balaban J connectivity index is 1.87. The molecule has 0 unspecified atom stereocenters. The number of rotatable bonds is 6.